The fourth-order valence-corrected chi connectivity index (χ4v) is 2.87. The fourth-order valence-electron chi connectivity index (χ4n) is 2.87. The third kappa shape index (κ3) is 3.76. The van der Waals surface area contributed by atoms with Crippen LogP contribution in [0, 0.1) is 0 Å². The normalized spacial score (nSPS) is 11.0. The standard InChI is InChI=1S/C24H16O4/c25-23(14-11-17-7-3-1-4-8-17)28-19-12-13-20-22(15-19)27-16-21(24(20)26)18-9-5-2-6-10-18/h1-16H/b14-11+. The van der Waals surface area contributed by atoms with Crippen molar-refractivity contribution >= 4 is 23.0 Å². The van der Waals surface area contributed by atoms with Crippen LogP contribution in [0.5, 0.6) is 5.75 Å². The highest BCUT2D eigenvalue weighted by Gasteiger charge is 2.10. The SMILES string of the molecule is O=C(/C=C/c1ccccc1)Oc1ccc2c(=O)c(-c3ccccc3)coc2c1. The van der Waals surface area contributed by atoms with Gasteiger partial charge >= 0.3 is 5.97 Å². The van der Waals surface area contributed by atoms with E-state index in [1.807, 2.05) is 60.7 Å². The Morgan fingerprint density at radius 3 is 2.36 bits per heavy atom. The maximum Gasteiger partial charge on any atom is 0.336 e. The van der Waals surface area contributed by atoms with Gasteiger partial charge in [0.05, 0.1) is 10.9 Å². The minimum absolute atomic E-state index is 0.130. The molecule has 0 radical (unpaired) electrons. The first-order valence-electron chi connectivity index (χ1n) is 8.77. The summed E-state index contributed by atoms with van der Waals surface area (Å²) in [6.07, 6.45) is 4.46. The van der Waals surface area contributed by atoms with Crippen LogP contribution in [0.15, 0.2) is 100 Å². The predicted molar refractivity (Wildman–Crippen MR) is 109 cm³/mol. The molecule has 0 unspecified atom stereocenters. The van der Waals surface area contributed by atoms with E-state index in [1.54, 1.807) is 24.3 Å². The first kappa shape index (κ1) is 17.5. The minimum Gasteiger partial charge on any atom is -0.463 e. The van der Waals surface area contributed by atoms with Crippen LogP contribution in [-0.2, 0) is 4.79 Å². The van der Waals surface area contributed by atoms with E-state index in [1.165, 1.54) is 12.3 Å². The molecular weight excluding hydrogens is 352 g/mol. The van der Waals surface area contributed by atoms with Crippen molar-refractivity contribution in [2.45, 2.75) is 0 Å². The minimum atomic E-state index is -0.508. The number of hydrogen-bond acceptors (Lipinski definition) is 4. The number of carbonyl (C=O) groups excluding carboxylic acids is 1. The smallest absolute Gasteiger partial charge is 0.336 e. The summed E-state index contributed by atoms with van der Waals surface area (Å²) in [4.78, 5) is 24.8. The summed E-state index contributed by atoms with van der Waals surface area (Å²) in [5.41, 5.74) is 2.41. The van der Waals surface area contributed by atoms with Crippen molar-refractivity contribution in [3.05, 3.63) is 107 Å². The van der Waals surface area contributed by atoms with E-state index in [9.17, 15) is 9.59 Å². The van der Waals surface area contributed by atoms with Gasteiger partial charge in [0.1, 0.15) is 17.6 Å². The Morgan fingerprint density at radius 2 is 1.61 bits per heavy atom. The van der Waals surface area contributed by atoms with Crippen molar-refractivity contribution in [3.8, 4) is 16.9 Å². The molecule has 28 heavy (non-hydrogen) atoms. The molecule has 0 spiro atoms. The molecule has 136 valence electrons. The number of ether oxygens (including phenoxy) is 1. The van der Waals surface area contributed by atoms with Crippen molar-refractivity contribution in [1.82, 2.24) is 0 Å². The maximum atomic E-state index is 12.7. The molecule has 0 aliphatic heterocycles. The molecule has 0 saturated heterocycles. The highest BCUT2D eigenvalue weighted by molar-refractivity contribution is 5.89. The van der Waals surface area contributed by atoms with Crippen molar-refractivity contribution in [3.63, 3.8) is 0 Å². The largest absolute Gasteiger partial charge is 0.463 e. The number of fused-ring (bicyclic) bond motifs is 1. The Hall–Kier alpha value is -3.92. The lowest BCUT2D eigenvalue weighted by Crippen LogP contribution is -2.06. The molecule has 0 aliphatic carbocycles. The van der Waals surface area contributed by atoms with Gasteiger partial charge in [-0.1, -0.05) is 60.7 Å². The lowest BCUT2D eigenvalue weighted by Gasteiger charge is -2.05. The average Bonchev–Trinajstić information content (AvgIpc) is 2.74. The highest BCUT2D eigenvalue weighted by Crippen LogP contribution is 2.23. The van der Waals surface area contributed by atoms with E-state index in [0.717, 1.165) is 11.1 Å². The molecule has 3 aromatic carbocycles. The van der Waals surface area contributed by atoms with Gasteiger partial charge in [0, 0.05) is 12.1 Å². The molecule has 1 heterocycles. The Labute approximate surface area is 161 Å². The number of rotatable bonds is 4. The van der Waals surface area contributed by atoms with Gasteiger partial charge in [-0.3, -0.25) is 4.79 Å². The van der Waals surface area contributed by atoms with Crippen LogP contribution >= 0.6 is 0 Å². The summed E-state index contributed by atoms with van der Waals surface area (Å²) in [6.45, 7) is 0. The third-order valence-corrected chi connectivity index (χ3v) is 4.26. The molecule has 4 nitrogen and oxygen atoms in total. The fraction of sp³-hybridized carbons (Fsp3) is 0. The molecule has 1 aromatic heterocycles. The number of benzene rings is 3. The van der Waals surface area contributed by atoms with E-state index < -0.39 is 5.97 Å². The van der Waals surface area contributed by atoms with Gasteiger partial charge < -0.3 is 9.15 Å². The first-order chi connectivity index (χ1) is 13.7. The van der Waals surface area contributed by atoms with E-state index in [4.69, 9.17) is 9.15 Å². The van der Waals surface area contributed by atoms with Crippen molar-refractivity contribution in [2.24, 2.45) is 0 Å². The molecule has 0 N–H and O–H groups in total. The second-order valence-electron chi connectivity index (χ2n) is 6.17. The van der Waals surface area contributed by atoms with Gasteiger partial charge in [0.2, 0.25) is 0 Å². The Kier molecular flexibility index (Phi) is 4.85. The van der Waals surface area contributed by atoms with Crippen molar-refractivity contribution in [2.75, 3.05) is 0 Å². The summed E-state index contributed by atoms with van der Waals surface area (Å²) < 4.78 is 10.9. The molecule has 0 atom stereocenters. The summed E-state index contributed by atoms with van der Waals surface area (Å²) in [5, 5.41) is 0.431. The first-order valence-corrected chi connectivity index (χ1v) is 8.77. The maximum absolute atomic E-state index is 12.7. The zero-order valence-electron chi connectivity index (χ0n) is 14.9. The van der Waals surface area contributed by atoms with Crippen LogP contribution in [0.1, 0.15) is 5.56 Å². The van der Waals surface area contributed by atoms with E-state index in [-0.39, 0.29) is 5.43 Å². The molecule has 4 heteroatoms. The van der Waals surface area contributed by atoms with Crippen LogP contribution in [-0.4, -0.2) is 5.97 Å². The molecule has 0 fully saturated rings. The number of hydrogen-bond donors (Lipinski definition) is 0. The second-order valence-corrected chi connectivity index (χ2v) is 6.17. The van der Waals surface area contributed by atoms with Gasteiger partial charge in [-0.2, -0.15) is 0 Å². The zero-order chi connectivity index (χ0) is 19.3. The second kappa shape index (κ2) is 7.76. The molecule has 0 aliphatic rings. The number of carbonyl (C=O) groups is 1. The molecule has 4 aromatic rings. The van der Waals surface area contributed by atoms with Crippen molar-refractivity contribution in [1.29, 1.82) is 0 Å². The topological polar surface area (TPSA) is 56.5 Å². The average molecular weight is 368 g/mol. The molecule has 0 amide bonds. The summed E-state index contributed by atoms with van der Waals surface area (Å²) in [5.74, 6) is -0.197. The summed E-state index contributed by atoms with van der Waals surface area (Å²) >= 11 is 0. The third-order valence-electron chi connectivity index (χ3n) is 4.26. The van der Waals surface area contributed by atoms with E-state index >= 15 is 0 Å². The van der Waals surface area contributed by atoms with Gasteiger partial charge in [0.25, 0.3) is 0 Å². The van der Waals surface area contributed by atoms with Crippen LogP contribution in [0.4, 0.5) is 0 Å². The molecule has 4 rings (SSSR count). The van der Waals surface area contributed by atoms with E-state index in [2.05, 4.69) is 0 Å². The van der Waals surface area contributed by atoms with Gasteiger partial charge in [-0.25, -0.2) is 4.79 Å². The quantitative estimate of drug-likeness (QED) is 0.286. The Morgan fingerprint density at radius 1 is 0.893 bits per heavy atom. The van der Waals surface area contributed by atoms with Crippen LogP contribution < -0.4 is 10.2 Å². The lowest BCUT2D eigenvalue weighted by molar-refractivity contribution is -0.128. The van der Waals surface area contributed by atoms with Gasteiger partial charge in [-0.05, 0) is 29.3 Å². The predicted octanol–water partition coefficient (Wildman–Crippen LogP) is 5.08. The highest BCUT2D eigenvalue weighted by atomic mass is 16.5. The van der Waals surface area contributed by atoms with Crippen LogP contribution in [0.2, 0.25) is 0 Å². The van der Waals surface area contributed by atoms with Crippen LogP contribution in [0.25, 0.3) is 28.2 Å². The van der Waals surface area contributed by atoms with Crippen LogP contribution in [0.3, 0.4) is 0 Å². The molecule has 0 saturated carbocycles. The van der Waals surface area contributed by atoms with E-state index in [0.29, 0.717) is 22.3 Å². The lowest BCUT2D eigenvalue weighted by atomic mass is 10.1. The summed E-state index contributed by atoms with van der Waals surface area (Å²) in [6, 6.07) is 23.5. The van der Waals surface area contributed by atoms with Crippen molar-refractivity contribution < 1.29 is 13.9 Å². The monoisotopic (exact) mass is 368 g/mol. The zero-order valence-corrected chi connectivity index (χ0v) is 14.9. The van der Waals surface area contributed by atoms with Gasteiger partial charge in [-0.15, -0.1) is 0 Å². The molecular formula is C24H16O4. The number of esters is 1. The summed E-state index contributed by atoms with van der Waals surface area (Å²) in [7, 11) is 0. The Balaban J connectivity index is 1.58. The molecule has 0 bridgehead atoms. The Bertz CT molecular complexity index is 1210. The van der Waals surface area contributed by atoms with Gasteiger partial charge in [0.15, 0.2) is 5.43 Å².